The van der Waals surface area contributed by atoms with Crippen molar-refractivity contribution in [2.45, 2.75) is 45.1 Å². The van der Waals surface area contributed by atoms with Gasteiger partial charge in [0, 0.05) is 45.2 Å². The standard InChI is InChI=1S/C20H24F3N5O3/c1-13(2)30-19(29)28-8-6-15(7-9-28)31-18-10-17(25-12-26-18)27(3)16-5-4-14(11-24-16)20(21,22)23/h4-5,10-13,15H,6-9H2,1-3H3. The van der Waals surface area contributed by atoms with E-state index in [4.69, 9.17) is 9.47 Å². The number of halogens is 3. The number of carbonyl (C=O) groups excluding carboxylic acids is 1. The molecule has 11 heteroatoms. The van der Waals surface area contributed by atoms with Crippen molar-refractivity contribution < 1.29 is 27.4 Å². The third-order valence-electron chi connectivity index (χ3n) is 4.71. The van der Waals surface area contributed by atoms with Crippen molar-refractivity contribution >= 4 is 17.7 Å². The van der Waals surface area contributed by atoms with Crippen LogP contribution >= 0.6 is 0 Å². The molecule has 0 saturated carbocycles. The number of rotatable bonds is 5. The summed E-state index contributed by atoms with van der Waals surface area (Å²) in [6, 6.07) is 3.84. The van der Waals surface area contributed by atoms with Gasteiger partial charge in [-0.25, -0.2) is 19.7 Å². The van der Waals surface area contributed by atoms with Crippen LogP contribution in [0.25, 0.3) is 0 Å². The molecule has 0 aromatic carbocycles. The molecule has 1 amide bonds. The van der Waals surface area contributed by atoms with Crippen LogP contribution in [-0.2, 0) is 10.9 Å². The van der Waals surface area contributed by atoms with Gasteiger partial charge in [-0.1, -0.05) is 0 Å². The quantitative estimate of drug-likeness (QED) is 0.695. The number of anilines is 2. The van der Waals surface area contributed by atoms with Crippen molar-refractivity contribution in [3.63, 3.8) is 0 Å². The number of nitrogens with zero attached hydrogens (tertiary/aromatic N) is 5. The fraction of sp³-hybridized carbons (Fsp3) is 0.500. The van der Waals surface area contributed by atoms with Gasteiger partial charge in [-0.05, 0) is 26.0 Å². The topological polar surface area (TPSA) is 80.7 Å². The summed E-state index contributed by atoms with van der Waals surface area (Å²) in [5.74, 6) is 1.07. The first kappa shape index (κ1) is 22.6. The SMILES string of the molecule is CC(C)OC(=O)N1CCC(Oc2cc(N(C)c3ccc(C(F)(F)F)cn3)ncn2)CC1. The Morgan fingerprint density at radius 1 is 1.16 bits per heavy atom. The zero-order valence-corrected chi connectivity index (χ0v) is 17.5. The molecule has 3 rings (SSSR count). The molecule has 31 heavy (non-hydrogen) atoms. The number of ether oxygens (including phenoxy) is 2. The molecule has 8 nitrogen and oxygen atoms in total. The number of likely N-dealkylation sites (tertiary alicyclic amines) is 1. The molecule has 0 unspecified atom stereocenters. The average Bonchev–Trinajstić information content (AvgIpc) is 2.73. The lowest BCUT2D eigenvalue weighted by molar-refractivity contribution is -0.137. The van der Waals surface area contributed by atoms with E-state index in [2.05, 4.69) is 15.0 Å². The van der Waals surface area contributed by atoms with Crippen molar-refractivity contribution in [3.05, 3.63) is 36.3 Å². The van der Waals surface area contributed by atoms with Crippen molar-refractivity contribution in [2.24, 2.45) is 0 Å². The van der Waals surface area contributed by atoms with Crippen LogP contribution in [-0.4, -0.2) is 58.3 Å². The first-order valence-electron chi connectivity index (χ1n) is 9.84. The highest BCUT2D eigenvalue weighted by molar-refractivity contribution is 5.67. The van der Waals surface area contributed by atoms with Gasteiger partial charge >= 0.3 is 12.3 Å². The number of carbonyl (C=O) groups is 1. The number of pyridine rings is 1. The molecule has 0 N–H and O–H groups in total. The van der Waals surface area contributed by atoms with E-state index in [-0.39, 0.29) is 18.3 Å². The van der Waals surface area contributed by atoms with E-state index in [0.717, 1.165) is 12.3 Å². The van der Waals surface area contributed by atoms with Crippen LogP contribution in [0.3, 0.4) is 0 Å². The molecule has 1 aliphatic heterocycles. The molecule has 0 spiro atoms. The second kappa shape index (κ2) is 9.36. The predicted molar refractivity (Wildman–Crippen MR) is 106 cm³/mol. The molecular weight excluding hydrogens is 415 g/mol. The fourth-order valence-electron chi connectivity index (χ4n) is 3.05. The molecule has 0 aliphatic carbocycles. The van der Waals surface area contributed by atoms with Gasteiger partial charge in [0.25, 0.3) is 0 Å². The summed E-state index contributed by atoms with van der Waals surface area (Å²) in [4.78, 5) is 27.3. The van der Waals surface area contributed by atoms with E-state index in [1.165, 1.54) is 12.4 Å². The number of alkyl halides is 3. The Balaban J connectivity index is 1.60. The van der Waals surface area contributed by atoms with Crippen LogP contribution in [0.4, 0.5) is 29.6 Å². The minimum atomic E-state index is -4.44. The minimum absolute atomic E-state index is 0.125. The van der Waals surface area contributed by atoms with Gasteiger partial charge in [0.05, 0.1) is 11.7 Å². The lowest BCUT2D eigenvalue weighted by Gasteiger charge is -2.31. The molecule has 1 aliphatic rings. The van der Waals surface area contributed by atoms with E-state index in [1.54, 1.807) is 36.8 Å². The van der Waals surface area contributed by atoms with Crippen LogP contribution in [0.15, 0.2) is 30.7 Å². The van der Waals surface area contributed by atoms with E-state index < -0.39 is 11.7 Å². The fourth-order valence-corrected chi connectivity index (χ4v) is 3.05. The van der Waals surface area contributed by atoms with Gasteiger partial charge in [0.1, 0.15) is 24.1 Å². The van der Waals surface area contributed by atoms with E-state index in [0.29, 0.717) is 43.4 Å². The maximum absolute atomic E-state index is 12.7. The molecule has 2 aromatic heterocycles. The number of hydrogen-bond acceptors (Lipinski definition) is 7. The van der Waals surface area contributed by atoms with Crippen LogP contribution < -0.4 is 9.64 Å². The molecule has 168 valence electrons. The van der Waals surface area contributed by atoms with Gasteiger partial charge in [-0.3, -0.25) is 0 Å². The van der Waals surface area contributed by atoms with E-state index in [1.807, 2.05) is 0 Å². The Kier molecular flexibility index (Phi) is 6.81. The third kappa shape index (κ3) is 5.96. The number of piperidine rings is 1. The van der Waals surface area contributed by atoms with E-state index >= 15 is 0 Å². The lowest BCUT2D eigenvalue weighted by Crippen LogP contribution is -2.42. The molecule has 1 fully saturated rings. The second-order valence-corrected chi connectivity index (χ2v) is 7.41. The molecule has 0 bridgehead atoms. The summed E-state index contributed by atoms with van der Waals surface area (Å²) >= 11 is 0. The average molecular weight is 439 g/mol. The predicted octanol–water partition coefficient (Wildman–Crippen LogP) is 4.05. The number of aromatic nitrogens is 3. The molecular formula is C20H24F3N5O3. The maximum atomic E-state index is 12.7. The lowest BCUT2D eigenvalue weighted by atomic mass is 10.1. The summed E-state index contributed by atoms with van der Waals surface area (Å²) in [6.45, 7) is 4.64. The van der Waals surface area contributed by atoms with Crippen LogP contribution in [0.5, 0.6) is 5.88 Å². The van der Waals surface area contributed by atoms with E-state index in [9.17, 15) is 18.0 Å². The summed E-state index contributed by atoms with van der Waals surface area (Å²) in [5.41, 5.74) is -0.819. The highest BCUT2D eigenvalue weighted by Gasteiger charge is 2.31. The van der Waals surface area contributed by atoms with Gasteiger partial charge in [-0.15, -0.1) is 0 Å². The summed E-state index contributed by atoms with van der Waals surface area (Å²) in [5, 5.41) is 0. The molecule has 2 aromatic rings. The zero-order valence-electron chi connectivity index (χ0n) is 17.5. The largest absolute Gasteiger partial charge is 0.474 e. The Morgan fingerprint density at radius 3 is 2.45 bits per heavy atom. The van der Waals surface area contributed by atoms with Gasteiger partial charge < -0.3 is 19.3 Å². The van der Waals surface area contributed by atoms with Crippen molar-refractivity contribution in [3.8, 4) is 5.88 Å². The minimum Gasteiger partial charge on any atom is -0.474 e. The third-order valence-corrected chi connectivity index (χ3v) is 4.71. The normalized spacial score (nSPS) is 15.1. The molecule has 0 atom stereocenters. The summed E-state index contributed by atoms with van der Waals surface area (Å²) in [7, 11) is 1.64. The first-order chi connectivity index (χ1) is 14.6. The summed E-state index contributed by atoms with van der Waals surface area (Å²) in [6.07, 6.45) is -1.71. The number of hydrogen-bond donors (Lipinski definition) is 0. The highest BCUT2D eigenvalue weighted by atomic mass is 19.4. The Bertz CT molecular complexity index is 884. The maximum Gasteiger partial charge on any atom is 0.417 e. The van der Waals surface area contributed by atoms with Crippen LogP contribution in [0.2, 0.25) is 0 Å². The summed E-state index contributed by atoms with van der Waals surface area (Å²) < 4.78 is 49.3. The van der Waals surface area contributed by atoms with Gasteiger partial charge in [0.15, 0.2) is 0 Å². The molecule has 1 saturated heterocycles. The number of amides is 1. The van der Waals surface area contributed by atoms with Crippen LogP contribution in [0.1, 0.15) is 32.3 Å². The zero-order chi connectivity index (χ0) is 22.6. The van der Waals surface area contributed by atoms with Crippen LogP contribution in [0, 0.1) is 0 Å². The Morgan fingerprint density at radius 2 is 1.87 bits per heavy atom. The van der Waals surface area contributed by atoms with Gasteiger partial charge in [0.2, 0.25) is 5.88 Å². The molecule has 3 heterocycles. The molecule has 0 radical (unpaired) electrons. The second-order valence-electron chi connectivity index (χ2n) is 7.41. The van der Waals surface area contributed by atoms with Crippen molar-refractivity contribution in [2.75, 3.05) is 25.0 Å². The Labute approximate surface area is 178 Å². The smallest absolute Gasteiger partial charge is 0.417 e. The highest BCUT2D eigenvalue weighted by Crippen LogP contribution is 2.30. The van der Waals surface area contributed by atoms with Crippen molar-refractivity contribution in [1.29, 1.82) is 0 Å². The van der Waals surface area contributed by atoms with Crippen molar-refractivity contribution in [1.82, 2.24) is 19.9 Å². The first-order valence-corrected chi connectivity index (χ1v) is 9.84. The Hall–Kier alpha value is -3.11. The van der Waals surface area contributed by atoms with Gasteiger partial charge in [-0.2, -0.15) is 13.2 Å². The monoisotopic (exact) mass is 439 g/mol.